The maximum absolute atomic E-state index is 9.48. The lowest BCUT2D eigenvalue weighted by Gasteiger charge is -2.17. The van der Waals surface area contributed by atoms with Crippen molar-refractivity contribution in [2.45, 2.75) is 57.7 Å². The van der Waals surface area contributed by atoms with Gasteiger partial charge in [0.1, 0.15) is 0 Å². The summed E-state index contributed by atoms with van der Waals surface area (Å²) >= 11 is 0. The molecule has 0 saturated heterocycles. The Morgan fingerprint density at radius 2 is 1.81 bits per heavy atom. The van der Waals surface area contributed by atoms with E-state index in [1.165, 1.54) is 32.1 Å². The van der Waals surface area contributed by atoms with Gasteiger partial charge in [-0.2, -0.15) is 0 Å². The Kier molecular flexibility index (Phi) is 6.43. The summed E-state index contributed by atoms with van der Waals surface area (Å²) in [6.45, 7) is 1.69. The van der Waals surface area contributed by atoms with Crippen LogP contribution in [0, 0.1) is 5.92 Å². The van der Waals surface area contributed by atoms with Crippen LogP contribution in [0.25, 0.3) is 0 Å². The summed E-state index contributed by atoms with van der Waals surface area (Å²) in [7, 11) is 0. The first-order valence-electron chi connectivity index (χ1n) is 6.39. The molecule has 0 aliphatic heterocycles. The number of hydrogen-bond donors (Lipinski definition) is 2. The second kappa shape index (κ2) is 7.64. The molecule has 1 rings (SSSR count). The molecule has 0 aromatic rings. The molecule has 2 N–H and O–H groups in total. The minimum absolute atomic E-state index is 0.410. The molecule has 1 saturated carbocycles. The van der Waals surface area contributed by atoms with Crippen LogP contribution in [0.2, 0.25) is 0 Å². The molecule has 16 heavy (non-hydrogen) atoms. The normalized spacial score (nSPS) is 22.9. The van der Waals surface area contributed by atoms with Gasteiger partial charge in [0.05, 0.1) is 12.2 Å². The highest BCUT2D eigenvalue weighted by Gasteiger charge is 2.09. The molecule has 0 bridgehead atoms. The molecule has 0 radical (unpaired) electrons. The topological polar surface area (TPSA) is 40.5 Å². The Bertz CT molecular complexity index is 225. The average molecular weight is 224 g/mol. The lowest BCUT2D eigenvalue weighted by molar-refractivity contribution is 0.116. The Morgan fingerprint density at radius 3 is 2.44 bits per heavy atom. The number of aliphatic hydroxyl groups excluding tert-OH is 2. The van der Waals surface area contributed by atoms with Crippen molar-refractivity contribution >= 4 is 0 Å². The third-order valence-electron chi connectivity index (χ3n) is 3.06. The maximum Gasteiger partial charge on any atom is 0.0748 e. The first kappa shape index (κ1) is 13.5. The smallest absolute Gasteiger partial charge is 0.0748 e. The van der Waals surface area contributed by atoms with E-state index in [2.05, 4.69) is 6.08 Å². The van der Waals surface area contributed by atoms with E-state index in [1.807, 2.05) is 12.2 Å². The van der Waals surface area contributed by atoms with E-state index in [4.69, 9.17) is 5.11 Å². The quantitative estimate of drug-likeness (QED) is 0.705. The van der Waals surface area contributed by atoms with E-state index in [9.17, 15) is 5.11 Å². The SMILES string of the molecule is CC(O)CC(O)/C=C/C=C\C1CCCCC1. The van der Waals surface area contributed by atoms with Crippen molar-refractivity contribution in [3.63, 3.8) is 0 Å². The van der Waals surface area contributed by atoms with Crippen molar-refractivity contribution in [3.05, 3.63) is 24.3 Å². The highest BCUT2D eigenvalue weighted by atomic mass is 16.3. The molecular weight excluding hydrogens is 200 g/mol. The first-order chi connectivity index (χ1) is 7.68. The van der Waals surface area contributed by atoms with Gasteiger partial charge in [-0.1, -0.05) is 43.6 Å². The molecule has 0 spiro atoms. The van der Waals surface area contributed by atoms with Gasteiger partial charge in [-0.05, 0) is 25.7 Å². The Balaban J connectivity index is 2.21. The fraction of sp³-hybridized carbons (Fsp3) is 0.714. The van der Waals surface area contributed by atoms with Gasteiger partial charge in [-0.15, -0.1) is 0 Å². The van der Waals surface area contributed by atoms with Crippen LogP contribution in [-0.2, 0) is 0 Å². The van der Waals surface area contributed by atoms with Gasteiger partial charge < -0.3 is 10.2 Å². The summed E-state index contributed by atoms with van der Waals surface area (Å²) in [6.07, 6.45) is 14.0. The molecule has 1 aliphatic rings. The number of allylic oxidation sites excluding steroid dienone is 3. The molecule has 0 heterocycles. The fourth-order valence-corrected chi connectivity index (χ4v) is 2.17. The van der Waals surface area contributed by atoms with E-state index in [0.29, 0.717) is 6.42 Å². The zero-order valence-electron chi connectivity index (χ0n) is 10.2. The molecule has 1 aliphatic carbocycles. The van der Waals surface area contributed by atoms with Gasteiger partial charge >= 0.3 is 0 Å². The Labute approximate surface area is 98.7 Å². The molecule has 1 fully saturated rings. The van der Waals surface area contributed by atoms with Crippen LogP contribution in [0.15, 0.2) is 24.3 Å². The molecular formula is C14H24O2. The van der Waals surface area contributed by atoms with Gasteiger partial charge in [0.15, 0.2) is 0 Å². The van der Waals surface area contributed by atoms with Gasteiger partial charge in [0.2, 0.25) is 0 Å². The molecule has 2 atom stereocenters. The number of rotatable bonds is 5. The highest BCUT2D eigenvalue weighted by Crippen LogP contribution is 2.24. The van der Waals surface area contributed by atoms with Crippen molar-refractivity contribution in [2.24, 2.45) is 5.92 Å². The van der Waals surface area contributed by atoms with Gasteiger partial charge in [-0.25, -0.2) is 0 Å². The Hall–Kier alpha value is -0.600. The molecule has 0 aromatic carbocycles. The molecule has 2 unspecified atom stereocenters. The predicted octanol–water partition coefficient (Wildman–Crippen LogP) is 2.81. The summed E-state index contributed by atoms with van der Waals surface area (Å²) in [5, 5.41) is 18.5. The standard InChI is InChI=1S/C14H24O2/c1-12(15)11-14(16)10-6-5-9-13-7-3-2-4-8-13/h5-6,9-10,12-16H,2-4,7-8,11H2,1H3/b9-5-,10-6+. The Morgan fingerprint density at radius 1 is 1.12 bits per heavy atom. The maximum atomic E-state index is 9.48. The van der Waals surface area contributed by atoms with Crippen LogP contribution in [-0.4, -0.2) is 22.4 Å². The first-order valence-corrected chi connectivity index (χ1v) is 6.39. The molecule has 2 nitrogen and oxygen atoms in total. The summed E-state index contributed by atoms with van der Waals surface area (Å²) in [5.41, 5.74) is 0. The summed E-state index contributed by atoms with van der Waals surface area (Å²) in [4.78, 5) is 0. The van der Waals surface area contributed by atoms with E-state index in [0.717, 1.165) is 5.92 Å². The van der Waals surface area contributed by atoms with Crippen molar-refractivity contribution in [1.82, 2.24) is 0 Å². The van der Waals surface area contributed by atoms with Crippen molar-refractivity contribution in [3.8, 4) is 0 Å². The van der Waals surface area contributed by atoms with Gasteiger partial charge in [0.25, 0.3) is 0 Å². The molecule has 0 amide bonds. The van der Waals surface area contributed by atoms with E-state index in [-0.39, 0.29) is 0 Å². The molecule has 2 heteroatoms. The minimum atomic E-state index is -0.531. The lowest BCUT2D eigenvalue weighted by Crippen LogP contribution is -2.11. The van der Waals surface area contributed by atoms with Crippen LogP contribution >= 0.6 is 0 Å². The second-order valence-electron chi connectivity index (χ2n) is 4.82. The number of hydrogen-bond acceptors (Lipinski definition) is 2. The van der Waals surface area contributed by atoms with E-state index >= 15 is 0 Å². The summed E-state index contributed by atoms with van der Waals surface area (Å²) < 4.78 is 0. The zero-order valence-corrected chi connectivity index (χ0v) is 10.2. The van der Waals surface area contributed by atoms with Crippen LogP contribution in [0.3, 0.4) is 0 Å². The molecule has 0 aromatic heterocycles. The summed E-state index contributed by atoms with van der Waals surface area (Å²) in [6, 6.07) is 0. The van der Waals surface area contributed by atoms with Crippen LogP contribution < -0.4 is 0 Å². The third kappa shape index (κ3) is 6.09. The van der Waals surface area contributed by atoms with Gasteiger partial charge in [0, 0.05) is 6.42 Å². The van der Waals surface area contributed by atoms with E-state index in [1.54, 1.807) is 13.0 Å². The second-order valence-corrected chi connectivity index (χ2v) is 4.82. The summed E-state index contributed by atoms with van der Waals surface area (Å²) in [5.74, 6) is 0.729. The average Bonchev–Trinajstić information content (AvgIpc) is 2.25. The van der Waals surface area contributed by atoms with Crippen LogP contribution in [0.1, 0.15) is 45.4 Å². The zero-order chi connectivity index (χ0) is 11.8. The molecule has 92 valence electrons. The van der Waals surface area contributed by atoms with Crippen molar-refractivity contribution < 1.29 is 10.2 Å². The van der Waals surface area contributed by atoms with Crippen LogP contribution in [0.4, 0.5) is 0 Å². The van der Waals surface area contributed by atoms with Crippen molar-refractivity contribution in [1.29, 1.82) is 0 Å². The van der Waals surface area contributed by atoms with E-state index < -0.39 is 12.2 Å². The number of aliphatic hydroxyl groups is 2. The largest absolute Gasteiger partial charge is 0.393 e. The predicted molar refractivity (Wildman–Crippen MR) is 67.2 cm³/mol. The lowest BCUT2D eigenvalue weighted by atomic mass is 9.89. The van der Waals surface area contributed by atoms with Crippen LogP contribution in [0.5, 0.6) is 0 Å². The minimum Gasteiger partial charge on any atom is -0.393 e. The monoisotopic (exact) mass is 224 g/mol. The highest BCUT2D eigenvalue weighted by molar-refractivity contribution is 5.06. The fourth-order valence-electron chi connectivity index (χ4n) is 2.17. The van der Waals surface area contributed by atoms with Crippen molar-refractivity contribution in [2.75, 3.05) is 0 Å². The third-order valence-corrected chi connectivity index (χ3v) is 3.06. The van der Waals surface area contributed by atoms with Gasteiger partial charge in [-0.3, -0.25) is 0 Å².